The highest BCUT2D eigenvalue weighted by molar-refractivity contribution is 5.52. The first-order chi connectivity index (χ1) is 7.86. The average molecular weight is 215 g/mol. The molecule has 2 heterocycles. The molecule has 4 heteroatoms. The number of rotatable bonds is 3. The van der Waals surface area contributed by atoms with Crippen LogP contribution in [0.25, 0.3) is 11.5 Å². The highest BCUT2D eigenvalue weighted by Crippen LogP contribution is 2.38. The van der Waals surface area contributed by atoms with Crippen molar-refractivity contribution in [2.24, 2.45) is 5.73 Å². The Kier molecular flexibility index (Phi) is 2.22. The molecule has 0 bridgehead atoms. The zero-order valence-electron chi connectivity index (χ0n) is 8.89. The van der Waals surface area contributed by atoms with E-state index in [1.54, 1.807) is 6.26 Å². The van der Waals surface area contributed by atoms with E-state index in [0.29, 0.717) is 12.5 Å². The van der Waals surface area contributed by atoms with E-state index in [4.69, 9.17) is 10.2 Å². The van der Waals surface area contributed by atoms with E-state index >= 15 is 0 Å². The van der Waals surface area contributed by atoms with Crippen LogP contribution in [0.3, 0.4) is 0 Å². The smallest absolute Gasteiger partial charge is 0.152 e. The van der Waals surface area contributed by atoms with Crippen LogP contribution in [0.2, 0.25) is 0 Å². The summed E-state index contributed by atoms with van der Waals surface area (Å²) >= 11 is 0. The van der Waals surface area contributed by atoms with Crippen molar-refractivity contribution in [3.05, 3.63) is 36.0 Å². The van der Waals surface area contributed by atoms with E-state index in [-0.39, 0.29) is 0 Å². The molecule has 16 heavy (non-hydrogen) atoms. The van der Waals surface area contributed by atoms with Crippen LogP contribution in [0, 0.1) is 0 Å². The fourth-order valence-electron chi connectivity index (χ4n) is 1.70. The number of aromatic nitrogens is 2. The van der Waals surface area contributed by atoms with Gasteiger partial charge in [0.15, 0.2) is 5.76 Å². The molecule has 82 valence electrons. The van der Waals surface area contributed by atoms with Gasteiger partial charge >= 0.3 is 0 Å². The third-order valence-electron chi connectivity index (χ3n) is 2.72. The summed E-state index contributed by atoms with van der Waals surface area (Å²) < 4.78 is 5.34. The Bertz CT molecular complexity index is 489. The summed E-state index contributed by atoms with van der Waals surface area (Å²) in [5, 5.41) is 0. The molecule has 0 amide bonds. The van der Waals surface area contributed by atoms with E-state index in [1.807, 2.05) is 18.2 Å². The monoisotopic (exact) mass is 215 g/mol. The van der Waals surface area contributed by atoms with Gasteiger partial charge < -0.3 is 10.2 Å². The molecule has 1 fully saturated rings. The number of hydrogen-bond acceptors (Lipinski definition) is 4. The fraction of sp³-hybridized carbons (Fsp3) is 0.333. The van der Waals surface area contributed by atoms with Crippen LogP contribution in [-0.2, 0) is 6.54 Å². The van der Waals surface area contributed by atoms with E-state index < -0.39 is 0 Å². The molecule has 0 aromatic carbocycles. The van der Waals surface area contributed by atoms with Crippen LogP contribution >= 0.6 is 0 Å². The van der Waals surface area contributed by atoms with Crippen molar-refractivity contribution >= 4 is 0 Å². The average Bonchev–Trinajstić information content (AvgIpc) is 3.04. The van der Waals surface area contributed by atoms with E-state index in [9.17, 15) is 0 Å². The normalized spacial score (nSPS) is 15.3. The molecule has 0 saturated heterocycles. The molecule has 1 saturated carbocycles. The largest absolute Gasteiger partial charge is 0.463 e. The van der Waals surface area contributed by atoms with Gasteiger partial charge in [-0.25, -0.2) is 9.97 Å². The molecule has 1 aliphatic carbocycles. The Morgan fingerprint density at radius 2 is 2.25 bits per heavy atom. The molecular formula is C12H13N3O. The molecule has 2 aromatic rings. The predicted octanol–water partition coefficient (Wildman–Crippen LogP) is 2.07. The number of nitrogens with zero attached hydrogens (tertiary/aromatic N) is 2. The summed E-state index contributed by atoms with van der Waals surface area (Å²) in [6.07, 6.45) is 4.02. The predicted molar refractivity (Wildman–Crippen MR) is 59.6 cm³/mol. The minimum atomic E-state index is 0.440. The molecule has 4 nitrogen and oxygen atoms in total. The molecule has 2 N–H and O–H groups in total. The lowest BCUT2D eigenvalue weighted by Crippen LogP contribution is -2.04. The minimum Gasteiger partial charge on any atom is -0.463 e. The van der Waals surface area contributed by atoms with Gasteiger partial charge in [-0.05, 0) is 31.0 Å². The lowest BCUT2D eigenvalue weighted by atomic mass is 10.2. The lowest BCUT2D eigenvalue weighted by Gasteiger charge is -2.04. The third-order valence-corrected chi connectivity index (χ3v) is 2.72. The Labute approximate surface area is 93.5 Å². The van der Waals surface area contributed by atoms with Gasteiger partial charge in [-0.3, -0.25) is 0 Å². The van der Waals surface area contributed by atoms with Gasteiger partial charge in [-0.1, -0.05) is 0 Å². The van der Waals surface area contributed by atoms with Crippen LogP contribution in [0.5, 0.6) is 0 Å². The zero-order valence-corrected chi connectivity index (χ0v) is 8.89. The Morgan fingerprint density at radius 1 is 1.38 bits per heavy atom. The highest BCUT2D eigenvalue weighted by Gasteiger charge is 2.27. The minimum absolute atomic E-state index is 0.440. The first kappa shape index (κ1) is 9.54. The Morgan fingerprint density at radius 3 is 2.88 bits per heavy atom. The molecule has 1 aliphatic rings. The highest BCUT2D eigenvalue weighted by atomic mass is 16.3. The molecule has 0 radical (unpaired) electrons. The van der Waals surface area contributed by atoms with Gasteiger partial charge in [-0.15, -0.1) is 0 Å². The van der Waals surface area contributed by atoms with Gasteiger partial charge in [-0.2, -0.15) is 0 Å². The zero-order chi connectivity index (χ0) is 11.0. The maximum atomic E-state index is 5.64. The van der Waals surface area contributed by atoms with E-state index in [1.165, 1.54) is 12.8 Å². The standard InChI is InChI=1S/C12H13N3O/c13-7-9-6-10(11-2-1-5-16-11)15-12(14-9)8-3-4-8/h1-2,5-6,8H,3-4,7,13H2. The quantitative estimate of drug-likeness (QED) is 0.851. The van der Waals surface area contributed by atoms with Crippen molar-refractivity contribution in [1.29, 1.82) is 0 Å². The molecule has 3 rings (SSSR count). The van der Waals surface area contributed by atoms with E-state index in [2.05, 4.69) is 9.97 Å². The van der Waals surface area contributed by atoms with Crippen molar-refractivity contribution in [2.45, 2.75) is 25.3 Å². The molecule has 2 aromatic heterocycles. The van der Waals surface area contributed by atoms with Crippen molar-refractivity contribution in [2.75, 3.05) is 0 Å². The van der Waals surface area contributed by atoms with Crippen LogP contribution in [0.15, 0.2) is 28.9 Å². The van der Waals surface area contributed by atoms with Gasteiger partial charge in [0.1, 0.15) is 11.5 Å². The van der Waals surface area contributed by atoms with Crippen molar-refractivity contribution in [3.8, 4) is 11.5 Å². The SMILES string of the molecule is NCc1cc(-c2ccco2)nc(C2CC2)n1. The number of hydrogen-bond donors (Lipinski definition) is 1. The summed E-state index contributed by atoms with van der Waals surface area (Å²) in [7, 11) is 0. The summed E-state index contributed by atoms with van der Waals surface area (Å²) in [6.45, 7) is 0.440. The third kappa shape index (κ3) is 1.72. The first-order valence-corrected chi connectivity index (χ1v) is 5.48. The molecule has 0 aliphatic heterocycles. The second-order valence-electron chi connectivity index (χ2n) is 4.06. The Balaban J connectivity index is 2.06. The molecule has 0 unspecified atom stereocenters. The molecule has 0 atom stereocenters. The van der Waals surface area contributed by atoms with E-state index in [0.717, 1.165) is 23.0 Å². The summed E-state index contributed by atoms with van der Waals surface area (Å²) in [6, 6.07) is 5.65. The molecule has 0 spiro atoms. The van der Waals surface area contributed by atoms with Gasteiger partial charge in [0.25, 0.3) is 0 Å². The maximum Gasteiger partial charge on any atom is 0.152 e. The maximum absolute atomic E-state index is 5.64. The van der Waals surface area contributed by atoms with Crippen LogP contribution in [0.4, 0.5) is 0 Å². The summed E-state index contributed by atoms with van der Waals surface area (Å²) in [4.78, 5) is 8.97. The van der Waals surface area contributed by atoms with Gasteiger partial charge in [0, 0.05) is 12.5 Å². The van der Waals surface area contributed by atoms with Crippen LogP contribution in [-0.4, -0.2) is 9.97 Å². The van der Waals surface area contributed by atoms with Crippen LogP contribution in [0.1, 0.15) is 30.3 Å². The Hall–Kier alpha value is -1.68. The lowest BCUT2D eigenvalue weighted by molar-refractivity contribution is 0.579. The summed E-state index contributed by atoms with van der Waals surface area (Å²) in [5.74, 6) is 2.22. The first-order valence-electron chi connectivity index (χ1n) is 5.48. The van der Waals surface area contributed by atoms with Crippen molar-refractivity contribution in [3.63, 3.8) is 0 Å². The van der Waals surface area contributed by atoms with Gasteiger partial charge in [0.05, 0.1) is 12.0 Å². The number of nitrogens with two attached hydrogens (primary N) is 1. The van der Waals surface area contributed by atoms with Crippen molar-refractivity contribution < 1.29 is 4.42 Å². The topological polar surface area (TPSA) is 64.9 Å². The van der Waals surface area contributed by atoms with Crippen molar-refractivity contribution in [1.82, 2.24) is 9.97 Å². The van der Waals surface area contributed by atoms with Gasteiger partial charge in [0.2, 0.25) is 0 Å². The fourth-order valence-corrected chi connectivity index (χ4v) is 1.70. The van der Waals surface area contributed by atoms with Crippen LogP contribution < -0.4 is 5.73 Å². The summed E-state index contributed by atoms with van der Waals surface area (Å²) in [5.41, 5.74) is 7.35. The second kappa shape index (κ2) is 3.72. The molecular weight excluding hydrogens is 202 g/mol. The number of furan rings is 1. The second-order valence-corrected chi connectivity index (χ2v) is 4.06.